The van der Waals surface area contributed by atoms with Crippen LogP contribution in [0.15, 0.2) is 0 Å². The van der Waals surface area contributed by atoms with Gasteiger partial charge in [-0.1, -0.05) is 26.2 Å². The Hall–Kier alpha value is -0.570. The molecule has 0 aromatic rings. The fourth-order valence-corrected chi connectivity index (χ4v) is 3.42. The molecule has 104 valence electrons. The number of amides is 1. The lowest BCUT2D eigenvalue weighted by molar-refractivity contribution is -0.126. The van der Waals surface area contributed by atoms with Crippen molar-refractivity contribution in [3.63, 3.8) is 0 Å². The second kappa shape index (κ2) is 7.13. The smallest absolute Gasteiger partial charge is 0.223 e. The zero-order chi connectivity index (χ0) is 12.8. The highest BCUT2D eigenvalue weighted by atomic mass is 16.1. The Morgan fingerprint density at radius 1 is 1.22 bits per heavy atom. The molecule has 1 amide bonds. The first-order valence-electron chi connectivity index (χ1n) is 7.82. The third kappa shape index (κ3) is 3.71. The van der Waals surface area contributed by atoms with Crippen LogP contribution in [0.2, 0.25) is 0 Å². The Bertz CT molecular complexity index is 261. The van der Waals surface area contributed by atoms with E-state index in [2.05, 4.69) is 17.6 Å². The first-order chi connectivity index (χ1) is 8.81. The van der Waals surface area contributed by atoms with Crippen LogP contribution in [0.1, 0.15) is 58.3 Å². The average molecular weight is 252 g/mol. The van der Waals surface area contributed by atoms with Gasteiger partial charge >= 0.3 is 0 Å². The molecule has 0 aromatic heterocycles. The van der Waals surface area contributed by atoms with Gasteiger partial charge in [-0.05, 0) is 51.1 Å². The van der Waals surface area contributed by atoms with Crippen molar-refractivity contribution in [3.05, 3.63) is 0 Å². The van der Waals surface area contributed by atoms with Gasteiger partial charge in [0.15, 0.2) is 0 Å². The number of hydrogen-bond acceptors (Lipinski definition) is 2. The van der Waals surface area contributed by atoms with Gasteiger partial charge in [-0.2, -0.15) is 0 Å². The van der Waals surface area contributed by atoms with Gasteiger partial charge in [0, 0.05) is 12.0 Å². The predicted octanol–water partition coefficient (Wildman–Crippen LogP) is 2.46. The molecule has 2 unspecified atom stereocenters. The Balaban J connectivity index is 1.78. The van der Waals surface area contributed by atoms with E-state index in [0.717, 1.165) is 31.8 Å². The molecule has 0 bridgehead atoms. The lowest BCUT2D eigenvalue weighted by Crippen LogP contribution is -2.44. The van der Waals surface area contributed by atoms with Crippen LogP contribution in [-0.2, 0) is 4.79 Å². The number of piperidine rings is 1. The van der Waals surface area contributed by atoms with Crippen LogP contribution in [-0.4, -0.2) is 25.0 Å². The standard InChI is InChI=1S/C15H28N2O/c1-2-3-5-12-6-4-7-14(12)17-15(18)13-8-10-16-11-9-13/h12-14,16H,2-11H2,1H3,(H,17,18). The van der Waals surface area contributed by atoms with Crippen LogP contribution in [0.5, 0.6) is 0 Å². The minimum atomic E-state index is 0.263. The summed E-state index contributed by atoms with van der Waals surface area (Å²) in [5.41, 5.74) is 0. The third-order valence-corrected chi connectivity index (χ3v) is 4.63. The van der Waals surface area contributed by atoms with E-state index in [9.17, 15) is 4.79 Å². The molecule has 3 nitrogen and oxygen atoms in total. The van der Waals surface area contributed by atoms with Crippen molar-refractivity contribution >= 4 is 5.91 Å². The maximum atomic E-state index is 12.2. The quantitative estimate of drug-likeness (QED) is 0.789. The van der Waals surface area contributed by atoms with Crippen molar-refractivity contribution in [2.75, 3.05) is 13.1 Å². The van der Waals surface area contributed by atoms with Gasteiger partial charge in [0.1, 0.15) is 0 Å². The van der Waals surface area contributed by atoms with E-state index in [1.165, 1.54) is 38.5 Å². The molecule has 3 heteroatoms. The summed E-state index contributed by atoms with van der Waals surface area (Å²) in [6.07, 6.45) is 9.72. The van der Waals surface area contributed by atoms with Crippen LogP contribution in [0.4, 0.5) is 0 Å². The summed E-state index contributed by atoms with van der Waals surface area (Å²) in [6, 6.07) is 0.471. The summed E-state index contributed by atoms with van der Waals surface area (Å²) in [5, 5.41) is 6.66. The number of rotatable bonds is 5. The van der Waals surface area contributed by atoms with Crippen LogP contribution in [0.25, 0.3) is 0 Å². The van der Waals surface area contributed by atoms with E-state index in [1.807, 2.05) is 0 Å². The van der Waals surface area contributed by atoms with Crippen LogP contribution < -0.4 is 10.6 Å². The Morgan fingerprint density at radius 2 is 2.00 bits per heavy atom. The molecule has 2 rings (SSSR count). The number of carbonyl (C=O) groups is 1. The molecule has 2 atom stereocenters. The minimum Gasteiger partial charge on any atom is -0.353 e. The van der Waals surface area contributed by atoms with Crippen molar-refractivity contribution in [1.82, 2.24) is 10.6 Å². The second-order valence-electron chi connectivity index (χ2n) is 5.97. The van der Waals surface area contributed by atoms with Crippen molar-refractivity contribution in [3.8, 4) is 0 Å². The monoisotopic (exact) mass is 252 g/mol. The molecule has 0 spiro atoms. The topological polar surface area (TPSA) is 41.1 Å². The van der Waals surface area contributed by atoms with Gasteiger partial charge in [-0.15, -0.1) is 0 Å². The van der Waals surface area contributed by atoms with E-state index in [-0.39, 0.29) is 5.92 Å². The normalized spacial score (nSPS) is 29.4. The summed E-state index contributed by atoms with van der Waals surface area (Å²) in [6.45, 7) is 4.25. The molecule has 1 aliphatic heterocycles. The van der Waals surface area contributed by atoms with Crippen LogP contribution in [0.3, 0.4) is 0 Å². The van der Waals surface area contributed by atoms with Gasteiger partial charge in [0.05, 0.1) is 0 Å². The molecule has 1 saturated carbocycles. The number of carbonyl (C=O) groups excluding carboxylic acids is 1. The van der Waals surface area contributed by atoms with E-state index in [1.54, 1.807) is 0 Å². The summed E-state index contributed by atoms with van der Waals surface area (Å²) >= 11 is 0. The maximum Gasteiger partial charge on any atom is 0.223 e. The number of unbranched alkanes of at least 4 members (excludes halogenated alkanes) is 1. The summed E-state index contributed by atoms with van der Waals surface area (Å²) in [5.74, 6) is 1.33. The van der Waals surface area contributed by atoms with Crippen molar-refractivity contribution < 1.29 is 4.79 Å². The molecule has 18 heavy (non-hydrogen) atoms. The van der Waals surface area contributed by atoms with Gasteiger partial charge < -0.3 is 10.6 Å². The number of hydrogen-bond donors (Lipinski definition) is 2. The van der Waals surface area contributed by atoms with E-state index < -0.39 is 0 Å². The summed E-state index contributed by atoms with van der Waals surface area (Å²) in [7, 11) is 0. The third-order valence-electron chi connectivity index (χ3n) is 4.63. The van der Waals surface area contributed by atoms with Crippen molar-refractivity contribution in [1.29, 1.82) is 0 Å². The predicted molar refractivity (Wildman–Crippen MR) is 74.4 cm³/mol. The van der Waals surface area contributed by atoms with Gasteiger partial charge in [0.2, 0.25) is 5.91 Å². The molecule has 0 radical (unpaired) electrons. The Morgan fingerprint density at radius 3 is 2.72 bits per heavy atom. The lowest BCUT2D eigenvalue weighted by atomic mass is 9.94. The molecule has 1 aliphatic carbocycles. The maximum absolute atomic E-state index is 12.2. The molecule has 1 saturated heterocycles. The SMILES string of the molecule is CCCCC1CCCC1NC(=O)C1CCNCC1. The first-order valence-corrected chi connectivity index (χ1v) is 7.82. The molecule has 1 heterocycles. The largest absolute Gasteiger partial charge is 0.353 e. The van der Waals surface area contributed by atoms with E-state index >= 15 is 0 Å². The average Bonchev–Trinajstić information content (AvgIpc) is 2.84. The highest BCUT2D eigenvalue weighted by molar-refractivity contribution is 5.79. The summed E-state index contributed by atoms with van der Waals surface area (Å²) < 4.78 is 0. The fourth-order valence-electron chi connectivity index (χ4n) is 3.42. The fraction of sp³-hybridized carbons (Fsp3) is 0.933. The molecule has 0 aromatic carbocycles. The number of nitrogens with one attached hydrogen (secondary N) is 2. The zero-order valence-corrected chi connectivity index (χ0v) is 11.7. The van der Waals surface area contributed by atoms with Gasteiger partial charge in [-0.3, -0.25) is 4.79 Å². The minimum absolute atomic E-state index is 0.263. The highest BCUT2D eigenvalue weighted by Crippen LogP contribution is 2.30. The Kier molecular flexibility index (Phi) is 5.48. The Labute approximate surface area is 111 Å². The second-order valence-corrected chi connectivity index (χ2v) is 5.97. The lowest BCUT2D eigenvalue weighted by Gasteiger charge is -2.26. The molecule has 2 fully saturated rings. The van der Waals surface area contributed by atoms with Gasteiger partial charge in [-0.25, -0.2) is 0 Å². The van der Waals surface area contributed by atoms with Crippen molar-refractivity contribution in [2.45, 2.75) is 64.3 Å². The summed E-state index contributed by atoms with van der Waals surface area (Å²) in [4.78, 5) is 12.2. The molecular formula is C15H28N2O. The van der Waals surface area contributed by atoms with E-state index in [0.29, 0.717) is 11.9 Å². The first kappa shape index (κ1) is 13.9. The molecular weight excluding hydrogens is 224 g/mol. The van der Waals surface area contributed by atoms with Gasteiger partial charge in [0.25, 0.3) is 0 Å². The van der Waals surface area contributed by atoms with Crippen molar-refractivity contribution in [2.24, 2.45) is 11.8 Å². The van der Waals surface area contributed by atoms with Crippen LogP contribution >= 0.6 is 0 Å². The molecule has 2 aliphatic rings. The van der Waals surface area contributed by atoms with E-state index in [4.69, 9.17) is 0 Å². The van der Waals surface area contributed by atoms with Crippen LogP contribution in [0, 0.1) is 11.8 Å². The zero-order valence-electron chi connectivity index (χ0n) is 11.7. The molecule has 2 N–H and O–H groups in total. The highest BCUT2D eigenvalue weighted by Gasteiger charge is 2.30.